The number of ether oxygens (including phenoxy) is 1. The van der Waals surface area contributed by atoms with Crippen LogP contribution in [-0.4, -0.2) is 17.7 Å². The van der Waals surface area contributed by atoms with E-state index in [0.717, 1.165) is 18.7 Å². The van der Waals surface area contributed by atoms with Crippen LogP contribution in [0.5, 0.6) is 5.75 Å². The summed E-state index contributed by atoms with van der Waals surface area (Å²) >= 11 is 0. The second-order valence-corrected chi connectivity index (χ2v) is 7.26. The molecule has 0 aliphatic heterocycles. The Morgan fingerprint density at radius 3 is 2.45 bits per heavy atom. The lowest BCUT2D eigenvalue weighted by molar-refractivity contribution is -0.0158. The van der Waals surface area contributed by atoms with Crippen molar-refractivity contribution in [3.05, 3.63) is 29.3 Å². The van der Waals surface area contributed by atoms with E-state index in [4.69, 9.17) is 4.74 Å². The van der Waals surface area contributed by atoms with Gasteiger partial charge < -0.3 is 10.1 Å². The molecule has 0 aromatic heterocycles. The molecular formula is C18H29NO. The molecule has 1 aromatic carbocycles. The van der Waals surface area contributed by atoms with Crippen molar-refractivity contribution in [2.24, 2.45) is 0 Å². The van der Waals surface area contributed by atoms with Crippen molar-refractivity contribution in [3.8, 4) is 5.75 Å². The predicted octanol–water partition coefficient (Wildman–Crippen LogP) is 4.38. The maximum absolute atomic E-state index is 6.42. The molecule has 0 heterocycles. The topological polar surface area (TPSA) is 21.3 Å². The minimum Gasteiger partial charge on any atom is -0.487 e. The van der Waals surface area contributed by atoms with Crippen molar-refractivity contribution in [2.45, 2.75) is 71.4 Å². The highest BCUT2D eigenvalue weighted by atomic mass is 16.5. The van der Waals surface area contributed by atoms with Gasteiger partial charge in [-0.05, 0) is 84.0 Å². The molecule has 0 unspecified atom stereocenters. The molecule has 1 aliphatic rings. The number of hydrogen-bond acceptors (Lipinski definition) is 2. The van der Waals surface area contributed by atoms with Gasteiger partial charge in [0.05, 0.1) is 0 Å². The van der Waals surface area contributed by atoms with Crippen molar-refractivity contribution in [2.75, 3.05) is 6.54 Å². The Balaban J connectivity index is 1.99. The van der Waals surface area contributed by atoms with Gasteiger partial charge in [0.15, 0.2) is 0 Å². The molecule has 0 spiro atoms. The second kappa shape index (κ2) is 5.77. The van der Waals surface area contributed by atoms with E-state index in [1.54, 1.807) is 0 Å². The summed E-state index contributed by atoms with van der Waals surface area (Å²) in [6.45, 7) is 12.0. The fraction of sp³-hybridized carbons (Fsp3) is 0.667. The number of benzene rings is 1. The van der Waals surface area contributed by atoms with Crippen molar-refractivity contribution < 1.29 is 4.74 Å². The third-order valence-electron chi connectivity index (χ3n) is 4.38. The largest absolute Gasteiger partial charge is 0.487 e. The number of rotatable bonds is 5. The summed E-state index contributed by atoms with van der Waals surface area (Å²) in [6, 6.07) is 6.35. The molecule has 1 saturated carbocycles. The molecule has 2 rings (SSSR count). The van der Waals surface area contributed by atoms with Gasteiger partial charge in [-0.25, -0.2) is 0 Å². The highest BCUT2D eigenvalue weighted by molar-refractivity contribution is 5.38. The summed E-state index contributed by atoms with van der Waals surface area (Å²) in [6.07, 6.45) is 4.76. The van der Waals surface area contributed by atoms with Crippen LogP contribution in [0, 0.1) is 13.8 Å². The third-order valence-corrected chi connectivity index (χ3v) is 4.38. The number of aryl methyl sites for hydroxylation is 1. The van der Waals surface area contributed by atoms with Crippen LogP contribution in [-0.2, 0) is 0 Å². The van der Waals surface area contributed by atoms with Crippen molar-refractivity contribution in [1.82, 2.24) is 5.32 Å². The number of nitrogens with one attached hydrogen (secondary N) is 1. The van der Waals surface area contributed by atoms with Gasteiger partial charge in [0, 0.05) is 5.54 Å². The lowest BCUT2D eigenvalue weighted by atomic mass is 9.77. The van der Waals surface area contributed by atoms with Crippen LogP contribution in [0.2, 0.25) is 0 Å². The maximum atomic E-state index is 6.42. The molecule has 0 amide bonds. The third kappa shape index (κ3) is 3.76. The summed E-state index contributed by atoms with van der Waals surface area (Å²) in [5, 5.41) is 3.58. The zero-order chi connectivity index (χ0) is 14.8. The van der Waals surface area contributed by atoms with Crippen molar-refractivity contribution in [1.29, 1.82) is 0 Å². The Hall–Kier alpha value is -1.02. The van der Waals surface area contributed by atoms with E-state index < -0.39 is 0 Å². The molecular weight excluding hydrogens is 246 g/mol. The average Bonchev–Trinajstić information content (AvgIpc) is 2.30. The SMILES string of the molecule is Cc1cccc(OC2(CCNC(C)(C)C)CCC2)c1C. The molecule has 20 heavy (non-hydrogen) atoms. The summed E-state index contributed by atoms with van der Waals surface area (Å²) in [7, 11) is 0. The first-order chi connectivity index (χ1) is 9.31. The summed E-state index contributed by atoms with van der Waals surface area (Å²) in [5.74, 6) is 1.07. The summed E-state index contributed by atoms with van der Waals surface area (Å²) in [4.78, 5) is 0. The first-order valence-corrected chi connectivity index (χ1v) is 7.82. The van der Waals surface area contributed by atoms with E-state index >= 15 is 0 Å². The molecule has 1 fully saturated rings. The average molecular weight is 275 g/mol. The fourth-order valence-corrected chi connectivity index (χ4v) is 2.71. The zero-order valence-electron chi connectivity index (χ0n) is 13.7. The molecule has 2 heteroatoms. The Morgan fingerprint density at radius 1 is 1.20 bits per heavy atom. The Morgan fingerprint density at radius 2 is 1.90 bits per heavy atom. The van der Waals surface area contributed by atoms with E-state index in [-0.39, 0.29) is 11.1 Å². The zero-order valence-corrected chi connectivity index (χ0v) is 13.7. The van der Waals surface area contributed by atoms with Gasteiger partial charge >= 0.3 is 0 Å². The molecule has 0 radical (unpaired) electrons. The standard InChI is InChI=1S/C18H29NO/c1-14-8-6-9-16(15(14)2)20-18(10-7-11-18)12-13-19-17(3,4)5/h6,8-9,19H,7,10-13H2,1-5H3. The van der Waals surface area contributed by atoms with Gasteiger partial charge in [-0.15, -0.1) is 0 Å². The van der Waals surface area contributed by atoms with Gasteiger partial charge in [-0.1, -0.05) is 12.1 Å². The quantitative estimate of drug-likeness (QED) is 0.861. The molecule has 2 nitrogen and oxygen atoms in total. The molecule has 112 valence electrons. The second-order valence-electron chi connectivity index (χ2n) is 7.26. The van der Waals surface area contributed by atoms with Crippen LogP contribution in [0.4, 0.5) is 0 Å². The van der Waals surface area contributed by atoms with Crippen molar-refractivity contribution >= 4 is 0 Å². The van der Waals surface area contributed by atoms with Gasteiger partial charge in [-0.3, -0.25) is 0 Å². The van der Waals surface area contributed by atoms with Crippen LogP contribution < -0.4 is 10.1 Å². The van der Waals surface area contributed by atoms with Crippen molar-refractivity contribution in [3.63, 3.8) is 0 Å². The number of hydrogen-bond donors (Lipinski definition) is 1. The Labute approximate surface area is 123 Å². The summed E-state index contributed by atoms with van der Waals surface area (Å²) in [5.41, 5.74) is 2.84. The summed E-state index contributed by atoms with van der Waals surface area (Å²) < 4.78 is 6.42. The molecule has 0 atom stereocenters. The minimum absolute atomic E-state index is 0.0663. The Bertz CT molecular complexity index is 455. The van der Waals surface area contributed by atoms with Gasteiger partial charge in [0.25, 0.3) is 0 Å². The maximum Gasteiger partial charge on any atom is 0.123 e. The van der Waals surface area contributed by atoms with Gasteiger partial charge in [-0.2, -0.15) is 0 Å². The lowest BCUT2D eigenvalue weighted by Crippen LogP contribution is -2.47. The van der Waals surface area contributed by atoms with E-state index in [0.29, 0.717) is 0 Å². The minimum atomic E-state index is 0.0663. The van der Waals surface area contributed by atoms with E-state index in [1.807, 2.05) is 0 Å². The fourth-order valence-electron chi connectivity index (χ4n) is 2.71. The van der Waals surface area contributed by atoms with E-state index in [9.17, 15) is 0 Å². The molecule has 0 saturated heterocycles. The van der Waals surface area contributed by atoms with E-state index in [2.05, 4.69) is 58.1 Å². The molecule has 1 aromatic rings. The lowest BCUT2D eigenvalue weighted by Gasteiger charge is -2.43. The van der Waals surface area contributed by atoms with E-state index in [1.165, 1.54) is 30.4 Å². The van der Waals surface area contributed by atoms with Gasteiger partial charge in [0.2, 0.25) is 0 Å². The monoisotopic (exact) mass is 275 g/mol. The predicted molar refractivity (Wildman–Crippen MR) is 85.5 cm³/mol. The van der Waals surface area contributed by atoms with Crippen LogP contribution in [0.15, 0.2) is 18.2 Å². The smallest absolute Gasteiger partial charge is 0.123 e. The van der Waals surface area contributed by atoms with Crippen LogP contribution >= 0.6 is 0 Å². The first-order valence-electron chi connectivity index (χ1n) is 7.82. The highest BCUT2D eigenvalue weighted by Crippen LogP contribution is 2.40. The molecule has 0 bridgehead atoms. The first kappa shape index (κ1) is 15.4. The molecule has 1 N–H and O–H groups in total. The van der Waals surface area contributed by atoms with Crippen LogP contribution in [0.1, 0.15) is 57.6 Å². The van der Waals surface area contributed by atoms with Crippen LogP contribution in [0.25, 0.3) is 0 Å². The molecule has 1 aliphatic carbocycles. The Kier molecular flexibility index (Phi) is 4.43. The van der Waals surface area contributed by atoms with Crippen LogP contribution in [0.3, 0.4) is 0 Å². The normalized spacial score (nSPS) is 17.6. The van der Waals surface area contributed by atoms with Gasteiger partial charge in [0.1, 0.15) is 11.4 Å². The highest BCUT2D eigenvalue weighted by Gasteiger charge is 2.39.